The maximum Gasteiger partial charge on any atom is 0.330 e. The number of aromatic nitrogens is 5. The standard InChI is InChI=1S/C19H18N6O2/c1-2-27-15(26)7-6-12-8-21-16-13(4-3-5-14(12)16)9-25-11-24-17-18(20)22-10-23-19(17)25/h3-8,10-11,21H,2,9H2,1H3,(H2,20,22,23)/b7-6+. The molecule has 0 saturated heterocycles. The van der Waals surface area contributed by atoms with E-state index in [1.54, 1.807) is 19.3 Å². The molecule has 4 aromatic rings. The Bertz CT molecular complexity index is 1160. The van der Waals surface area contributed by atoms with Crippen molar-refractivity contribution in [2.45, 2.75) is 13.5 Å². The Morgan fingerprint density at radius 3 is 3.07 bits per heavy atom. The highest BCUT2D eigenvalue weighted by Gasteiger charge is 2.11. The summed E-state index contributed by atoms with van der Waals surface area (Å²) in [5.74, 6) is 0.00776. The van der Waals surface area contributed by atoms with Crippen LogP contribution in [0, 0.1) is 0 Å². The third kappa shape index (κ3) is 3.12. The monoisotopic (exact) mass is 362 g/mol. The Kier molecular flexibility index (Phi) is 4.29. The van der Waals surface area contributed by atoms with Crippen LogP contribution >= 0.6 is 0 Å². The first-order chi connectivity index (χ1) is 13.2. The van der Waals surface area contributed by atoms with Crippen LogP contribution in [0.4, 0.5) is 5.82 Å². The molecule has 0 aliphatic carbocycles. The molecule has 0 fully saturated rings. The van der Waals surface area contributed by atoms with Gasteiger partial charge in [0.25, 0.3) is 0 Å². The minimum atomic E-state index is -0.356. The zero-order chi connectivity index (χ0) is 18.8. The highest BCUT2D eigenvalue weighted by Crippen LogP contribution is 2.24. The fourth-order valence-corrected chi connectivity index (χ4v) is 3.05. The van der Waals surface area contributed by atoms with Crippen LogP contribution in [0.1, 0.15) is 18.1 Å². The number of nitrogens with zero attached hydrogens (tertiary/aromatic N) is 4. The van der Waals surface area contributed by atoms with Crippen molar-refractivity contribution in [2.24, 2.45) is 0 Å². The number of carbonyl (C=O) groups is 1. The first-order valence-corrected chi connectivity index (χ1v) is 8.52. The smallest absolute Gasteiger partial charge is 0.330 e. The molecule has 4 rings (SSSR count). The third-order valence-electron chi connectivity index (χ3n) is 4.29. The van der Waals surface area contributed by atoms with Gasteiger partial charge in [-0.15, -0.1) is 0 Å². The molecule has 0 radical (unpaired) electrons. The van der Waals surface area contributed by atoms with E-state index in [1.807, 2.05) is 29.0 Å². The SMILES string of the molecule is CCOC(=O)/C=C/c1c[nH]c2c(Cn3cnc4c(N)ncnc43)cccc12. The number of para-hydroxylation sites is 1. The summed E-state index contributed by atoms with van der Waals surface area (Å²) < 4.78 is 6.86. The van der Waals surface area contributed by atoms with E-state index in [1.165, 1.54) is 12.4 Å². The Balaban J connectivity index is 1.69. The van der Waals surface area contributed by atoms with E-state index in [0.717, 1.165) is 22.0 Å². The topological polar surface area (TPSA) is 112 Å². The van der Waals surface area contributed by atoms with Gasteiger partial charge in [-0.05, 0) is 18.6 Å². The number of nitrogens with one attached hydrogen (secondary N) is 1. The second kappa shape index (κ2) is 6.91. The van der Waals surface area contributed by atoms with Crippen molar-refractivity contribution >= 4 is 39.9 Å². The van der Waals surface area contributed by atoms with Crippen molar-refractivity contribution in [1.82, 2.24) is 24.5 Å². The van der Waals surface area contributed by atoms with Gasteiger partial charge in [0.15, 0.2) is 11.5 Å². The number of hydrogen-bond acceptors (Lipinski definition) is 6. The molecule has 8 nitrogen and oxygen atoms in total. The van der Waals surface area contributed by atoms with E-state index in [2.05, 4.69) is 19.9 Å². The summed E-state index contributed by atoms with van der Waals surface area (Å²) in [5.41, 5.74) is 10.1. The molecule has 0 amide bonds. The summed E-state index contributed by atoms with van der Waals surface area (Å²) in [6.07, 6.45) is 8.20. The Hall–Kier alpha value is -3.68. The lowest BCUT2D eigenvalue weighted by Crippen LogP contribution is -2.01. The van der Waals surface area contributed by atoms with E-state index in [9.17, 15) is 4.79 Å². The molecule has 27 heavy (non-hydrogen) atoms. The number of aromatic amines is 1. The Morgan fingerprint density at radius 2 is 2.22 bits per heavy atom. The number of imidazole rings is 1. The minimum Gasteiger partial charge on any atom is -0.463 e. The summed E-state index contributed by atoms with van der Waals surface area (Å²) in [7, 11) is 0. The lowest BCUT2D eigenvalue weighted by Gasteiger charge is -2.06. The van der Waals surface area contributed by atoms with Crippen LogP contribution in [0.15, 0.2) is 43.1 Å². The van der Waals surface area contributed by atoms with E-state index >= 15 is 0 Å². The van der Waals surface area contributed by atoms with Crippen LogP contribution in [0.3, 0.4) is 0 Å². The molecule has 0 spiro atoms. The van der Waals surface area contributed by atoms with Crippen LogP contribution in [0.25, 0.3) is 28.1 Å². The molecule has 8 heteroatoms. The number of H-pyrrole nitrogens is 1. The molecule has 136 valence electrons. The Morgan fingerprint density at radius 1 is 1.33 bits per heavy atom. The van der Waals surface area contributed by atoms with E-state index in [-0.39, 0.29) is 5.97 Å². The first-order valence-electron chi connectivity index (χ1n) is 8.52. The molecular formula is C19H18N6O2. The van der Waals surface area contributed by atoms with Gasteiger partial charge in [0.05, 0.1) is 25.0 Å². The van der Waals surface area contributed by atoms with Gasteiger partial charge in [-0.2, -0.15) is 0 Å². The maximum absolute atomic E-state index is 11.6. The third-order valence-corrected chi connectivity index (χ3v) is 4.29. The number of rotatable bonds is 5. The summed E-state index contributed by atoms with van der Waals surface area (Å²) in [5, 5.41) is 1.02. The fourth-order valence-electron chi connectivity index (χ4n) is 3.05. The van der Waals surface area contributed by atoms with Crippen molar-refractivity contribution in [3.8, 4) is 0 Å². The first kappa shape index (κ1) is 16.8. The van der Waals surface area contributed by atoms with Gasteiger partial charge >= 0.3 is 5.97 Å². The zero-order valence-corrected chi connectivity index (χ0v) is 14.7. The van der Waals surface area contributed by atoms with Crippen LogP contribution in [0.2, 0.25) is 0 Å². The molecule has 0 unspecified atom stereocenters. The number of nitrogens with two attached hydrogens (primary N) is 1. The number of nitrogen functional groups attached to an aromatic ring is 1. The number of carbonyl (C=O) groups excluding carboxylic acids is 1. The van der Waals surface area contributed by atoms with Crippen molar-refractivity contribution in [1.29, 1.82) is 0 Å². The number of anilines is 1. The van der Waals surface area contributed by atoms with E-state index in [4.69, 9.17) is 10.5 Å². The number of hydrogen-bond donors (Lipinski definition) is 2. The molecule has 0 aliphatic heterocycles. The van der Waals surface area contributed by atoms with Gasteiger partial charge in [-0.3, -0.25) is 0 Å². The largest absolute Gasteiger partial charge is 0.463 e. The number of benzene rings is 1. The summed E-state index contributed by atoms with van der Waals surface area (Å²) in [6.45, 7) is 2.71. The van der Waals surface area contributed by atoms with Crippen LogP contribution in [0.5, 0.6) is 0 Å². The van der Waals surface area contributed by atoms with Crippen molar-refractivity contribution in [3.05, 3.63) is 54.3 Å². The lowest BCUT2D eigenvalue weighted by atomic mass is 10.1. The normalized spacial score (nSPS) is 11.6. The predicted molar refractivity (Wildman–Crippen MR) is 103 cm³/mol. The highest BCUT2D eigenvalue weighted by molar-refractivity contribution is 5.95. The lowest BCUT2D eigenvalue weighted by molar-refractivity contribution is -0.137. The maximum atomic E-state index is 11.6. The molecule has 0 aliphatic rings. The number of ether oxygens (including phenoxy) is 1. The van der Waals surface area contributed by atoms with Crippen LogP contribution in [-0.2, 0) is 16.1 Å². The summed E-state index contributed by atoms with van der Waals surface area (Å²) in [6, 6.07) is 6.02. The van der Waals surface area contributed by atoms with E-state index in [0.29, 0.717) is 30.1 Å². The van der Waals surface area contributed by atoms with E-state index < -0.39 is 0 Å². The fraction of sp³-hybridized carbons (Fsp3) is 0.158. The van der Waals surface area contributed by atoms with Crippen LogP contribution < -0.4 is 5.73 Å². The van der Waals surface area contributed by atoms with Gasteiger partial charge in [0, 0.05) is 23.2 Å². The quantitative estimate of drug-likeness (QED) is 0.417. The second-order valence-electron chi connectivity index (χ2n) is 5.97. The average Bonchev–Trinajstić information content (AvgIpc) is 3.26. The molecule has 0 saturated carbocycles. The Labute approximate surface area is 154 Å². The number of fused-ring (bicyclic) bond motifs is 2. The molecule has 3 heterocycles. The van der Waals surface area contributed by atoms with Gasteiger partial charge in [-0.1, -0.05) is 18.2 Å². The predicted octanol–water partition coefficient (Wildman–Crippen LogP) is 2.51. The molecule has 0 bridgehead atoms. The van der Waals surface area contributed by atoms with Crippen molar-refractivity contribution < 1.29 is 9.53 Å². The average molecular weight is 362 g/mol. The summed E-state index contributed by atoms with van der Waals surface area (Å²) >= 11 is 0. The zero-order valence-electron chi connectivity index (χ0n) is 14.7. The second-order valence-corrected chi connectivity index (χ2v) is 5.97. The molecular weight excluding hydrogens is 344 g/mol. The summed E-state index contributed by atoms with van der Waals surface area (Å²) in [4.78, 5) is 27.4. The van der Waals surface area contributed by atoms with Gasteiger partial charge < -0.3 is 20.0 Å². The van der Waals surface area contributed by atoms with Crippen LogP contribution in [-0.4, -0.2) is 37.1 Å². The highest BCUT2D eigenvalue weighted by atomic mass is 16.5. The van der Waals surface area contributed by atoms with Crippen molar-refractivity contribution in [2.75, 3.05) is 12.3 Å². The molecule has 3 aromatic heterocycles. The molecule has 0 atom stereocenters. The minimum absolute atomic E-state index is 0.355. The molecule has 1 aromatic carbocycles. The molecule has 3 N–H and O–H groups in total. The van der Waals surface area contributed by atoms with Crippen molar-refractivity contribution in [3.63, 3.8) is 0 Å². The van der Waals surface area contributed by atoms with Gasteiger partial charge in [-0.25, -0.2) is 19.7 Å². The number of esters is 1. The van der Waals surface area contributed by atoms with Gasteiger partial charge in [0.2, 0.25) is 0 Å². The van der Waals surface area contributed by atoms with Gasteiger partial charge in [0.1, 0.15) is 11.8 Å².